The number of rotatable bonds is 9. The average Bonchev–Trinajstić information content (AvgIpc) is 3.20. The molecule has 0 saturated heterocycles. The molecule has 2 N–H and O–H groups in total. The van der Waals surface area contributed by atoms with Crippen LogP contribution in [0.15, 0.2) is 73.2 Å². The number of benzene rings is 2. The van der Waals surface area contributed by atoms with Crippen LogP contribution in [0.5, 0.6) is 0 Å². The van der Waals surface area contributed by atoms with Gasteiger partial charge < -0.3 is 9.88 Å². The van der Waals surface area contributed by atoms with Crippen LogP contribution in [0.2, 0.25) is 0 Å². The molecular weight excluding hydrogens is 450 g/mol. The standard InChI is InChI=1S/C25H27N5O3S/c1-18(14-20-10-6-7-12-26-20)28-25(31)22-15-21(29-34(2,32)33)16-23-24(22)30(17-27-23)13-11-19-8-4-3-5-9-19/h3-10,12,15-18,29H,11,13-14H2,1-2H3,(H,28,31)/t18-/m0/s1. The zero-order valence-electron chi connectivity index (χ0n) is 19.1. The molecule has 0 aliphatic rings. The summed E-state index contributed by atoms with van der Waals surface area (Å²) in [6, 6.07) is 18.8. The molecule has 2 aromatic heterocycles. The van der Waals surface area contributed by atoms with E-state index in [9.17, 15) is 13.2 Å². The molecule has 34 heavy (non-hydrogen) atoms. The van der Waals surface area contributed by atoms with Gasteiger partial charge in [-0.2, -0.15) is 0 Å². The van der Waals surface area contributed by atoms with Crippen molar-refractivity contribution in [3.05, 3.63) is 90.0 Å². The van der Waals surface area contributed by atoms with Gasteiger partial charge in [0.1, 0.15) is 0 Å². The van der Waals surface area contributed by atoms with Crippen LogP contribution in [-0.4, -0.2) is 41.2 Å². The number of sulfonamides is 1. The Bertz CT molecular complexity index is 1390. The third-order valence-electron chi connectivity index (χ3n) is 5.36. The van der Waals surface area contributed by atoms with Crippen molar-refractivity contribution in [2.45, 2.75) is 32.4 Å². The number of nitrogens with one attached hydrogen (secondary N) is 2. The summed E-state index contributed by atoms with van der Waals surface area (Å²) < 4.78 is 28.0. The van der Waals surface area contributed by atoms with Gasteiger partial charge in [0, 0.05) is 30.9 Å². The summed E-state index contributed by atoms with van der Waals surface area (Å²) >= 11 is 0. The molecule has 0 radical (unpaired) electrons. The van der Waals surface area contributed by atoms with Gasteiger partial charge in [0.05, 0.1) is 34.9 Å². The molecule has 4 rings (SSSR count). The number of aromatic nitrogens is 3. The second-order valence-electron chi connectivity index (χ2n) is 8.34. The first-order valence-corrected chi connectivity index (χ1v) is 12.9. The average molecular weight is 478 g/mol. The molecule has 0 unspecified atom stereocenters. The van der Waals surface area contributed by atoms with Crippen LogP contribution in [0.25, 0.3) is 11.0 Å². The minimum Gasteiger partial charge on any atom is -0.349 e. The second-order valence-corrected chi connectivity index (χ2v) is 10.1. The third kappa shape index (κ3) is 5.99. The van der Waals surface area contributed by atoms with Gasteiger partial charge in [-0.3, -0.25) is 14.5 Å². The number of aryl methyl sites for hydroxylation is 2. The lowest BCUT2D eigenvalue weighted by Crippen LogP contribution is -2.34. The van der Waals surface area contributed by atoms with Gasteiger partial charge in [0.25, 0.3) is 5.91 Å². The number of nitrogens with zero attached hydrogens (tertiary/aromatic N) is 3. The molecule has 4 aromatic rings. The van der Waals surface area contributed by atoms with Crippen LogP contribution in [0, 0.1) is 0 Å². The summed E-state index contributed by atoms with van der Waals surface area (Å²) in [5, 5.41) is 3.02. The summed E-state index contributed by atoms with van der Waals surface area (Å²) in [5.41, 5.74) is 3.92. The Hall–Kier alpha value is -3.72. The molecule has 9 heteroatoms. The quantitative estimate of drug-likeness (QED) is 0.384. The number of carbonyl (C=O) groups excluding carboxylic acids is 1. The van der Waals surface area contributed by atoms with E-state index in [-0.39, 0.29) is 11.9 Å². The molecule has 8 nitrogen and oxygen atoms in total. The van der Waals surface area contributed by atoms with Crippen molar-refractivity contribution in [2.75, 3.05) is 11.0 Å². The SMILES string of the molecule is C[C@@H](Cc1ccccn1)NC(=O)c1cc(NS(C)(=O)=O)cc2ncn(CCc3ccccc3)c12. The number of amides is 1. The van der Waals surface area contributed by atoms with E-state index in [4.69, 9.17) is 0 Å². The molecule has 0 aliphatic carbocycles. The summed E-state index contributed by atoms with van der Waals surface area (Å²) in [4.78, 5) is 22.1. The zero-order chi connectivity index (χ0) is 24.1. The number of hydrogen-bond acceptors (Lipinski definition) is 5. The lowest BCUT2D eigenvalue weighted by molar-refractivity contribution is 0.0941. The molecule has 2 heterocycles. The number of hydrogen-bond donors (Lipinski definition) is 2. The first-order valence-electron chi connectivity index (χ1n) is 11.0. The maximum atomic E-state index is 13.4. The minimum absolute atomic E-state index is 0.176. The van der Waals surface area contributed by atoms with Crippen molar-refractivity contribution in [1.29, 1.82) is 0 Å². The monoisotopic (exact) mass is 477 g/mol. The first-order chi connectivity index (χ1) is 16.3. The highest BCUT2D eigenvalue weighted by Gasteiger charge is 2.19. The number of fused-ring (bicyclic) bond motifs is 1. The van der Waals surface area contributed by atoms with Gasteiger partial charge in [0.2, 0.25) is 10.0 Å². The zero-order valence-corrected chi connectivity index (χ0v) is 19.9. The van der Waals surface area contributed by atoms with Crippen molar-refractivity contribution < 1.29 is 13.2 Å². The van der Waals surface area contributed by atoms with Crippen LogP contribution >= 0.6 is 0 Å². The van der Waals surface area contributed by atoms with Gasteiger partial charge in [-0.15, -0.1) is 0 Å². The number of imidazole rings is 1. The molecule has 0 spiro atoms. The molecule has 2 aromatic carbocycles. The summed E-state index contributed by atoms with van der Waals surface area (Å²) in [7, 11) is -3.52. The van der Waals surface area contributed by atoms with Crippen LogP contribution in [0.1, 0.15) is 28.5 Å². The molecule has 1 atom stereocenters. The van der Waals surface area contributed by atoms with Crippen molar-refractivity contribution >= 4 is 32.7 Å². The number of pyridine rings is 1. The molecule has 0 bridgehead atoms. The second kappa shape index (κ2) is 10.0. The Balaban J connectivity index is 1.64. The summed E-state index contributed by atoms with van der Waals surface area (Å²) in [6.07, 6.45) is 5.83. The Kier molecular flexibility index (Phi) is 6.93. The van der Waals surface area contributed by atoms with E-state index in [1.165, 1.54) is 5.56 Å². The Morgan fingerprint density at radius 2 is 1.82 bits per heavy atom. The maximum absolute atomic E-state index is 13.4. The van der Waals surface area contributed by atoms with E-state index in [0.717, 1.165) is 18.4 Å². The Morgan fingerprint density at radius 1 is 1.06 bits per heavy atom. The smallest absolute Gasteiger partial charge is 0.253 e. The fourth-order valence-corrected chi connectivity index (χ4v) is 4.45. The fourth-order valence-electron chi connectivity index (χ4n) is 3.90. The Labute approximate surface area is 199 Å². The predicted molar refractivity (Wildman–Crippen MR) is 133 cm³/mol. The highest BCUT2D eigenvalue weighted by atomic mass is 32.2. The van der Waals surface area contributed by atoms with E-state index in [1.807, 2.05) is 47.9 Å². The molecule has 176 valence electrons. The molecule has 0 fully saturated rings. The molecule has 1 amide bonds. The van der Waals surface area contributed by atoms with Crippen LogP contribution in [-0.2, 0) is 29.4 Å². The van der Waals surface area contributed by atoms with E-state index < -0.39 is 10.0 Å². The lowest BCUT2D eigenvalue weighted by Gasteiger charge is -2.16. The largest absolute Gasteiger partial charge is 0.349 e. The van der Waals surface area contributed by atoms with E-state index in [2.05, 4.69) is 32.1 Å². The van der Waals surface area contributed by atoms with Crippen molar-refractivity contribution in [1.82, 2.24) is 19.9 Å². The highest BCUT2D eigenvalue weighted by Crippen LogP contribution is 2.25. The fraction of sp³-hybridized carbons (Fsp3) is 0.240. The van der Waals surface area contributed by atoms with Crippen molar-refractivity contribution in [2.24, 2.45) is 0 Å². The van der Waals surface area contributed by atoms with Gasteiger partial charge in [-0.05, 0) is 43.2 Å². The van der Waals surface area contributed by atoms with Crippen LogP contribution < -0.4 is 10.0 Å². The molecule has 0 aliphatic heterocycles. The third-order valence-corrected chi connectivity index (χ3v) is 5.97. The van der Waals surface area contributed by atoms with Gasteiger partial charge in [-0.25, -0.2) is 13.4 Å². The lowest BCUT2D eigenvalue weighted by atomic mass is 10.1. The number of carbonyl (C=O) groups is 1. The normalized spacial score (nSPS) is 12.4. The molecular formula is C25H27N5O3S. The topological polar surface area (TPSA) is 106 Å². The van der Waals surface area contributed by atoms with Crippen LogP contribution in [0.4, 0.5) is 5.69 Å². The molecule has 0 saturated carbocycles. The maximum Gasteiger partial charge on any atom is 0.253 e. The highest BCUT2D eigenvalue weighted by molar-refractivity contribution is 7.92. The van der Waals surface area contributed by atoms with E-state index in [0.29, 0.717) is 35.2 Å². The predicted octanol–water partition coefficient (Wildman–Crippen LogP) is 3.41. The van der Waals surface area contributed by atoms with Crippen molar-refractivity contribution in [3.63, 3.8) is 0 Å². The summed E-state index contributed by atoms with van der Waals surface area (Å²) in [5.74, 6) is -0.299. The minimum atomic E-state index is -3.52. The van der Waals surface area contributed by atoms with E-state index in [1.54, 1.807) is 24.7 Å². The van der Waals surface area contributed by atoms with Gasteiger partial charge in [-0.1, -0.05) is 36.4 Å². The Morgan fingerprint density at radius 3 is 2.53 bits per heavy atom. The summed E-state index contributed by atoms with van der Waals surface area (Å²) in [6.45, 7) is 2.54. The van der Waals surface area contributed by atoms with Gasteiger partial charge >= 0.3 is 0 Å². The first kappa shape index (κ1) is 23.4. The van der Waals surface area contributed by atoms with Crippen molar-refractivity contribution in [3.8, 4) is 0 Å². The van der Waals surface area contributed by atoms with Gasteiger partial charge in [0.15, 0.2) is 0 Å². The van der Waals surface area contributed by atoms with E-state index >= 15 is 0 Å². The van der Waals surface area contributed by atoms with Crippen LogP contribution in [0.3, 0.4) is 0 Å². The number of anilines is 1.